The maximum atomic E-state index is 11.8. The number of aryl methyl sites for hydroxylation is 1. The fraction of sp³-hybridized carbons (Fsp3) is 0.524. The Morgan fingerprint density at radius 1 is 1.15 bits per heavy atom. The van der Waals surface area contributed by atoms with Crippen LogP contribution in [0.25, 0.3) is 11.1 Å². The highest BCUT2D eigenvalue weighted by Gasteiger charge is 2.27. The average Bonchev–Trinajstić information content (AvgIpc) is 3.32. The number of nitrogens with one attached hydrogen (secondary N) is 1. The van der Waals surface area contributed by atoms with Crippen LogP contribution in [0.5, 0.6) is 0 Å². The van der Waals surface area contributed by atoms with Crippen molar-refractivity contribution in [3.05, 3.63) is 40.8 Å². The van der Waals surface area contributed by atoms with Gasteiger partial charge in [-0.05, 0) is 74.2 Å². The first-order valence-corrected chi connectivity index (χ1v) is 9.76. The molecule has 1 saturated carbocycles. The minimum atomic E-state index is -0.531. The molecule has 138 valence electrons. The number of primary amides is 1. The number of nitrogens with zero attached hydrogens (tertiary/aromatic N) is 1. The number of rotatable bonds is 4. The molecule has 1 aromatic carbocycles. The number of piperidine rings is 1. The monoisotopic (exact) mass is 353 g/mol. The number of aromatic nitrogens is 1. The Labute approximate surface area is 154 Å². The van der Waals surface area contributed by atoms with Crippen LogP contribution < -0.4 is 11.1 Å². The zero-order valence-corrected chi connectivity index (χ0v) is 15.4. The van der Waals surface area contributed by atoms with Gasteiger partial charge in [-0.2, -0.15) is 0 Å². The van der Waals surface area contributed by atoms with Crippen molar-refractivity contribution >= 4 is 5.91 Å². The summed E-state index contributed by atoms with van der Waals surface area (Å²) in [4.78, 5) is 11.8. The number of benzene rings is 1. The Balaban J connectivity index is 1.81. The third-order valence-electron chi connectivity index (χ3n) is 6.05. The standard InChI is InChI=1S/C21H27N3O2/c1-13-19(20(21(22)25)24-26-13)17-7-6-16(14-8-10-23-11-9-14)12-18(17)15-4-2-3-5-15/h6-7,12,14-15,23H,2-5,8-11H2,1H3,(H2,22,25). The minimum Gasteiger partial charge on any atom is -0.364 e. The largest absolute Gasteiger partial charge is 0.364 e. The molecule has 2 fully saturated rings. The molecule has 2 heterocycles. The summed E-state index contributed by atoms with van der Waals surface area (Å²) >= 11 is 0. The Bertz CT molecular complexity index is 800. The van der Waals surface area contributed by atoms with Gasteiger partial charge in [-0.1, -0.05) is 36.2 Å². The van der Waals surface area contributed by atoms with Gasteiger partial charge in [0.05, 0.1) is 5.56 Å². The summed E-state index contributed by atoms with van der Waals surface area (Å²) in [7, 11) is 0. The number of amides is 1. The summed E-state index contributed by atoms with van der Waals surface area (Å²) in [5.41, 5.74) is 10.4. The molecule has 2 aliphatic rings. The molecule has 1 saturated heterocycles. The molecule has 0 spiro atoms. The van der Waals surface area contributed by atoms with E-state index in [4.69, 9.17) is 10.3 Å². The second-order valence-corrected chi connectivity index (χ2v) is 7.68. The maximum absolute atomic E-state index is 11.8. The zero-order chi connectivity index (χ0) is 18.1. The number of hydrogen-bond acceptors (Lipinski definition) is 4. The van der Waals surface area contributed by atoms with E-state index in [1.54, 1.807) is 0 Å². The van der Waals surface area contributed by atoms with Crippen LogP contribution in [0.2, 0.25) is 0 Å². The van der Waals surface area contributed by atoms with E-state index in [9.17, 15) is 4.79 Å². The Hall–Kier alpha value is -2.14. The lowest BCUT2D eigenvalue weighted by Gasteiger charge is -2.25. The molecule has 1 aliphatic carbocycles. The molecular formula is C21H27N3O2. The predicted octanol–water partition coefficient (Wildman–Crippen LogP) is 3.87. The maximum Gasteiger partial charge on any atom is 0.271 e. The SMILES string of the molecule is Cc1onc(C(N)=O)c1-c1ccc(C2CCNCC2)cc1C1CCCC1. The summed E-state index contributed by atoms with van der Waals surface area (Å²) in [5.74, 6) is 1.29. The van der Waals surface area contributed by atoms with Crippen molar-refractivity contribution in [2.24, 2.45) is 5.73 Å². The lowest BCUT2D eigenvalue weighted by Crippen LogP contribution is -2.26. The number of carbonyl (C=O) groups excluding carboxylic acids is 1. The molecule has 3 N–H and O–H groups in total. The lowest BCUT2D eigenvalue weighted by atomic mass is 9.83. The van der Waals surface area contributed by atoms with E-state index < -0.39 is 5.91 Å². The minimum absolute atomic E-state index is 0.247. The van der Waals surface area contributed by atoms with Crippen LogP contribution in [0.4, 0.5) is 0 Å². The van der Waals surface area contributed by atoms with E-state index in [1.165, 1.54) is 49.7 Å². The zero-order valence-electron chi connectivity index (χ0n) is 15.4. The van der Waals surface area contributed by atoms with Crippen molar-refractivity contribution in [3.8, 4) is 11.1 Å². The molecule has 2 aromatic rings. The summed E-state index contributed by atoms with van der Waals surface area (Å²) in [6, 6.07) is 6.77. The van der Waals surface area contributed by atoms with Crippen molar-refractivity contribution in [2.75, 3.05) is 13.1 Å². The average molecular weight is 353 g/mol. The highest BCUT2D eigenvalue weighted by atomic mass is 16.5. The van der Waals surface area contributed by atoms with Crippen LogP contribution in [0.1, 0.15) is 77.7 Å². The van der Waals surface area contributed by atoms with Gasteiger partial charge in [0.1, 0.15) is 5.76 Å². The first kappa shape index (κ1) is 17.3. The molecule has 5 nitrogen and oxygen atoms in total. The van der Waals surface area contributed by atoms with E-state index in [-0.39, 0.29) is 5.69 Å². The predicted molar refractivity (Wildman–Crippen MR) is 101 cm³/mol. The van der Waals surface area contributed by atoms with Gasteiger partial charge in [0.25, 0.3) is 5.91 Å². The summed E-state index contributed by atoms with van der Waals surface area (Å²) in [6.45, 7) is 4.03. The second-order valence-electron chi connectivity index (χ2n) is 7.68. The van der Waals surface area contributed by atoms with Crippen LogP contribution in [0.15, 0.2) is 22.7 Å². The lowest BCUT2D eigenvalue weighted by molar-refractivity contribution is 0.0992. The molecule has 1 aromatic heterocycles. The molecular weight excluding hydrogens is 326 g/mol. The fourth-order valence-electron chi connectivity index (χ4n) is 4.65. The van der Waals surface area contributed by atoms with Gasteiger partial charge in [0, 0.05) is 0 Å². The van der Waals surface area contributed by atoms with Gasteiger partial charge in [0.15, 0.2) is 5.69 Å². The first-order chi connectivity index (χ1) is 12.6. The van der Waals surface area contributed by atoms with Crippen molar-refractivity contribution in [1.29, 1.82) is 0 Å². The second kappa shape index (κ2) is 7.23. The smallest absolute Gasteiger partial charge is 0.271 e. The third-order valence-corrected chi connectivity index (χ3v) is 6.05. The van der Waals surface area contributed by atoms with Crippen LogP contribution >= 0.6 is 0 Å². The molecule has 5 heteroatoms. The van der Waals surface area contributed by atoms with Crippen molar-refractivity contribution in [1.82, 2.24) is 10.5 Å². The van der Waals surface area contributed by atoms with E-state index in [1.807, 2.05) is 6.92 Å². The molecule has 0 bridgehead atoms. The molecule has 0 atom stereocenters. The van der Waals surface area contributed by atoms with Crippen molar-refractivity contribution in [2.45, 2.75) is 57.3 Å². The van der Waals surface area contributed by atoms with Gasteiger partial charge in [-0.15, -0.1) is 0 Å². The van der Waals surface area contributed by atoms with E-state index in [0.29, 0.717) is 17.6 Å². The highest BCUT2D eigenvalue weighted by Crippen LogP contribution is 2.42. The third kappa shape index (κ3) is 3.16. The molecule has 0 radical (unpaired) electrons. The molecule has 1 aliphatic heterocycles. The summed E-state index contributed by atoms with van der Waals surface area (Å²) < 4.78 is 5.32. The van der Waals surface area contributed by atoms with Gasteiger partial charge < -0.3 is 15.6 Å². The topological polar surface area (TPSA) is 81.2 Å². The van der Waals surface area contributed by atoms with Crippen molar-refractivity contribution < 1.29 is 9.32 Å². The van der Waals surface area contributed by atoms with Gasteiger partial charge in [-0.3, -0.25) is 4.79 Å². The first-order valence-electron chi connectivity index (χ1n) is 9.76. The molecule has 26 heavy (non-hydrogen) atoms. The Morgan fingerprint density at radius 2 is 1.88 bits per heavy atom. The van der Waals surface area contributed by atoms with Crippen LogP contribution in [0, 0.1) is 6.92 Å². The van der Waals surface area contributed by atoms with E-state index in [0.717, 1.165) is 24.2 Å². The quantitative estimate of drug-likeness (QED) is 0.874. The van der Waals surface area contributed by atoms with Gasteiger partial charge in [-0.25, -0.2) is 0 Å². The van der Waals surface area contributed by atoms with Crippen molar-refractivity contribution in [3.63, 3.8) is 0 Å². The molecule has 1 amide bonds. The Morgan fingerprint density at radius 3 is 2.58 bits per heavy atom. The highest BCUT2D eigenvalue weighted by molar-refractivity contribution is 5.98. The number of carbonyl (C=O) groups is 1. The van der Waals surface area contributed by atoms with Crippen LogP contribution in [0.3, 0.4) is 0 Å². The van der Waals surface area contributed by atoms with Crippen LogP contribution in [-0.4, -0.2) is 24.2 Å². The fourth-order valence-corrected chi connectivity index (χ4v) is 4.65. The normalized spacial score (nSPS) is 19.1. The van der Waals surface area contributed by atoms with Crippen LogP contribution in [-0.2, 0) is 0 Å². The molecule has 4 rings (SSSR count). The van der Waals surface area contributed by atoms with Gasteiger partial charge >= 0.3 is 0 Å². The van der Waals surface area contributed by atoms with E-state index in [2.05, 4.69) is 28.7 Å². The van der Waals surface area contributed by atoms with Gasteiger partial charge in [0.2, 0.25) is 0 Å². The summed E-state index contributed by atoms with van der Waals surface area (Å²) in [5, 5.41) is 7.36. The molecule has 0 unspecified atom stereocenters. The van der Waals surface area contributed by atoms with E-state index >= 15 is 0 Å². The Kier molecular flexibility index (Phi) is 4.81. The number of hydrogen-bond donors (Lipinski definition) is 2. The summed E-state index contributed by atoms with van der Waals surface area (Å²) in [6.07, 6.45) is 7.32. The number of nitrogens with two attached hydrogens (primary N) is 1.